The SMILES string of the molecule is Cc1ccc2oc(C(=O)NCc3cc(Cl)c4c(c3)OCCCO4)cc(=O)c2c1. The van der Waals surface area contributed by atoms with Crippen molar-refractivity contribution in [3.05, 3.63) is 68.5 Å². The van der Waals surface area contributed by atoms with E-state index in [2.05, 4.69) is 5.32 Å². The van der Waals surface area contributed by atoms with Crippen molar-refractivity contribution < 1.29 is 18.7 Å². The highest BCUT2D eigenvalue weighted by Gasteiger charge is 2.17. The van der Waals surface area contributed by atoms with Gasteiger partial charge in [0, 0.05) is 19.0 Å². The second-order valence-corrected chi connectivity index (χ2v) is 7.02. The molecule has 0 radical (unpaired) electrons. The molecule has 0 saturated carbocycles. The van der Waals surface area contributed by atoms with Crippen LogP contribution in [0.3, 0.4) is 0 Å². The van der Waals surface area contributed by atoms with E-state index in [1.807, 2.05) is 13.0 Å². The van der Waals surface area contributed by atoms with Crippen molar-refractivity contribution in [1.82, 2.24) is 5.32 Å². The van der Waals surface area contributed by atoms with E-state index in [0.29, 0.717) is 40.7 Å². The second kappa shape index (κ2) is 7.56. The van der Waals surface area contributed by atoms with E-state index in [-0.39, 0.29) is 17.7 Å². The predicted molar refractivity (Wildman–Crippen MR) is 105 cm³/mol. The molecule has 0 unspecified atom stereocenters. The molecule has 2 aromatic carbocycles. The van der Waals surface area contributed by atoms with Gasteiger partial charge in [0.2, 0.25) is 0 Å². The Morgan fingerprint density at radius 2 is 1.96 bits per heavy atom. The van der Waals surface area contributed by atoms with Crippen LogP contribution in [0.5, 0.6) is 11.5 Å². The lowest BCUT2D eigenvalue weighted by Crippen LogP contribution is -2.24. The molecule has 3 aromatic rings. The summed E-state index contributed by atoms with van der Waals surface area (Å²) in [6.45, 7) is 3.18. The van der Waals surface area contributed by atoms with Crippen molar-refractivity contribution in [1.29, 1.82) is 0 Å². The molecule has 0 fully saturated rings. The van der Waals surface area contributed by atoms with Gasteiger partial charge >= 0.3 is 0 Å². The number of halogens is 1. The Labute approximate surface area is 166 Å². The number of nitrogens with one attached hydrogen (secondary N) is 1. The quantitative estimate of drug-likeness (QED) is 0.723. The van der Waals surface area contributed by atoms with Crippen LogP contribution in [0, 0.1) is 6.92 Å². The molecule has 1 aliphatic rings. The minimum Gasteiger partial charge on any atom is -0.489 e. The molecule has 2 heterocycles. The first kappa shape index (κ1) is 18.4. The molecule has 0 saturated heterocycles. The van der Waals surface area contributed by atoms with E-state index in [1.165, 1.54) is 6.07 Å². The molecule has 7 heteroatoms. The number of fused-ring (bicyclic) bond motifs is 2. The van der Waals surface area contributed by atoms with Crippen molar-refractivity contribution in [2.45, 2.75) is 19.9 Å². The van der Waals surface area contributed by atoms with E-state index >= 15 is 0 Å². The summed E-state index contributed by atoms with van der Waals surface area (Å²) in [5, 5.41) is 3.62. The average Bonchev–Trinajstić information content (AvgIpc) is 2.92. The Hall–Kier alpha value is -2.99. The smallest absolute Gasteiger partial charge is 0.287 e. The first-order chi connectivity index (χ1) is 13.5. The fraction of sp³-hybridized carbons (Fsp3) is 0.238. The van der Waals surface area contributed by atoms with Gasteiger partial charge in [-0.3, -0.25) is 9.59 Å². The highest BCUT2D eigenvalue weighted by molar-refractivity contribution is 6.32. The maximum absolute atomic E-state index is 12.5. The van der Waals surface area contributed by atoms with Gasteiger partial charge in [0.25, 0.3) is 5.91 Å². The normalized spacial score (nSPS) is 13.2. The highest BCUT2D eigenvalue weighted by Crippen LogP contribution is 2.37. The Morgan fingerprint density at radius 1 is 1.14 bits per heavy atom. The first-order valence-electron chi connectivity index (χ1n) is 8.92. The molecule has 144 valence electrons. The summed E-state index contributed by atoms with van der Waals surface area (Å²) < 4.78 is 16.8. The lowest BCUT2D eigenvalue weighted by atomic mass is 10.1. The molecule has 6 nitrogen and oxygen atoms in total. The number of rotatable bonds is 3. The lowest BCUT2D eigenvalue weighted by Gasteiger charge is -2.12. The summed E-state index contributed by atoms with van der Waals surface area (Å²) in [6.07, 6.45) is 0.775. The minimum absolute atomic E-state index is 0.0400. The van der Waals surface area contributed by atoms with Gasteiger partial charge in [0.1, 0.15) is 5.58 Å². The summed E-state index contributed by atoms with van der Waals surface area (Å²) in [7, 11) is 0. The van der Waals surface area contributed by atoms with Crippen LogP contribution in [0.1, 0.15) is 28.1 Å². The summed E-state index contributed by atoms with van der Waals surface area (Å²) in [5.41, 5.74) is 1.82. The number of aryl methyl sites for hydroxylation is 1. The molecule has 1 aliphatic heterocycles. The Kier molecular flexibility index (Phi) is 4.96. The fourth-order valence-electron chi connectivity index (χ4n) is 3.04. The molecule has 1 amide bonds. The van der Waals surface area contributed by atoms with Crippen molar-refractivity contribution in [2.75, 3.05) is 13.2 Å². The fourth-order valence-corrected chi connectivity index (χ4v) is 3.33. The lowest BCUT2D eigenvalue weighted by molar-refractivity contribution is 0.0923. The van der Waals surface area contributed by atoms with E-state index < -0.39 is 5.91 Å². The van der Waals surface area contributed by atoms with Crippen LogP contribution < -0.4 is 20.2 Å². The van der Waals surface area contributed by atoms with Crippen LogP contribution in [0.2, 0.25) is 5.02 Å². The van der Waals surface area contributed by atoms with Gasteiger partial charge < -0.3 is 19.2 Å². The van der Waals surface area contributed by atoms with Gasteiger partial charge in [0.05, 0.1) is 23.6 Å². The largest absolute Gasteiger partial charge is 0.489 e. The Morgan fingerprint density at radius 3 is 2.82 bits per heavy atom. The van der Waals surface area contributed by atoms with Gasteiger partial charge in [-0.05, 0) is 36.8 Å². The number of benzene rings is 2. The van der Waals surface area contributed by atoms with Crippen molar-refractivity contribution >= 4 is 28.5 Å². The maximum Gasteiger partial charge on any atom is 0.287 e. The zero-order valence-electron chi connectivity index (χ0n) is 15.2. The van der Waals surface area contributed by atoms with Crippen molar-refractivity contribution in [3.63, 3.8) is 0 Å². The molecule has 0 spiro atoms. The molecule has 4 rings (SSSR count). The number of ether oxygens (including phenoxy) is 2. The van der Waals surface area contributed by atoms with Gasteiger partial charge in [-0.15, -0.1) is 0 Å². The predicted octanol–water partition coefficient (Wildman–Crippen LogP) is 3.85. The topological polar surface area (TPSA) is 77.8 Å². The van der Waals surface area contributed by atoms with Crippen molar-refractivity contribution in [2.24, 2.45) is 0 Å². The standard InChI is InChI=1S/C21H18ClNO5/c1-12-3-4-17-14(7-12)16(24)10-19(28-17)21(25)23-11-13-8-15(22)20-18(9-13)26-5-2-6-27-20/h3-4,7-10H,2,5-6,11H2,1H3,(H,23,25). The monoisotopic (exact) mass is 399 g/mol. The van der Waals surface area contributed by atoms with Gasteiger partial charge in [0.15, 0.2) is 22.7 Å². The van der Waals surface area contributed by atoms with Gasteiger partial charge in [-0.25, -0.2) is 0 Å². The van der Waals surface area contributed by atoms with E-state index in [1.54, 1.807) is 24.3 Å². The maximum atomic E-state index is 12.5. The Balaban J connectivity index is 1.54. The molecule has 0 bridgehead atoms. The van der Waals surface area contributed by atoms with Gasteiger partial charge in [-0.2, -0.15) is 0 Å². The minimum atomic E-state index is -0.484. The summed E-state index contributed by atoms with van der Waals surface area (Å²) in [6, 6.07) is 9.96. The number of carbonyl (C=O) groups excluding carboxylic acids is 1. The van der Waals surface area contributed by atoms with Gasteiger partial charge in [-0.1, -0.05) is 23.2 Å². The Bertz CT molecular complexity index is 1120. The highest BCUT2D eigenvalue weighted by atomic mass is 35.5. The van der Waals surface area contributed by atoms with Crippen molar-refractivity contribution in [3.8, 4) is 11.5 Å². The molecule has 1 aromatic heterocycles. The zero-order valence-corrected chi connectivity index (χ0v) is 16.0. The third kappa shape index (κ3) is 3.68. The van der Waals surface area contributed by atoms with E-state index in [0.717, 1.165) is 17.5 Å². The number of carbonyl (C=O) groups is 1. The van der Waals surface area contributed by atoms with Crippen LogP contribution >= 0.6 is 11.6 Å². The van der Waals surface area contributed by atoms with Crippen LogP contribution in [0.4, 0.5) is 0 Å². The third-order valence-electron chi connectivity index (χ3n) is 4.42. The van der Waals surface area contributed by atoms with Crippen LogP contribution in [0.25, 0.3) is 11.0 Å². The van der Waals surface area contributed by atoms with Crippen LogP contribution in [-0.2, 0) is 6.54 Å². The number of hydrogen-bond donors (Lipinski definition) is 1. The molecule has 0 atom stereocenters. The molecular formula is C21H18ClNO5. The summed E-state index contributed by atoms with van der Waals surface area (Å²) >= 11 is 6.27. The summed E-state index contributed by atoms with van der Waals surface area (Å²) in [5.74, 6) is 0.552. The molecular weight excluding hydrogens is 382 g/mol. The summed E-state index contributed by atoms with van der Waals surface area (Å²) in [4.78, 5) is 24.8. The second-order valence-electron chi connectivity index (χ2n) is 6.61. The van der Waals surface area contributed by atoms with Crippen LogP contribution in [-0.4, -0.2) is 19.1 Å². The van der Waals surface area contributed by atoms with Crippen LogP contribution in [0.15, 0.2) is 45.6 Å². The molecule has 1 N–H and O–H groups in total. The van der Waals surface area contributed by atoms with E-state index in [9.17, 15) is 9.59 Å². The number of hydrogen-bond acceptors (Lipinski definition) is 5. The average molecular weight is 400 g/mol. The van der Waals surface area contributed by atoms with E-state index in [4.69, 9.17) is 25.5 Å². The zero-order chi connectivity index (χ0) is 19.7. The first-order valence-corrected chi connectivity index (χ1v) is 9.30. The third-order valence-corrected chi connectivity index (χ3v) is 4.70. The molecule has 0 aliphatic carbocycles. The number of amides is 1. The molecule has 28 heavy (non-hydrogen) atoms.